The summed E-state index contributed by atoms with van der Waals surface area (Å²) in [6.07, 6.45) is 0. The lowest BCUT2D eigenvalue weighted by Crippen LogP contribution is -2.51. The fraction of sp³-hybridized carbons (Fsp3) is 0.412. The van der Waals surface area contributed by atoms with Crippen LogP contribution in [-0.4, -0.2) is 57.7 Å². The Hall–Kier alpha value is -3.51. The molecule has 45 heavy (non-hydrogen) atoms. The van der Waals surface area contributed by atoms with Gasteiger partial charge >= 0.3 is 0 Å². The largest absolute Gasteiger partial charge is 0.412 e. The van der Waals surface area contributed by atoms with Crippen LogP contribution in [0.15, 0.2) is 77.7 Å². The molecule has 11 heteroatoms. The van der Waals surface area contributed by atoms with E-state index < -0.39 is 42.8 Å². The minimum atomic E-state index is -4.01. The average Bonchev–Trinajstić information content (AvgIpc) is 2.95. The number of hydrogen-bond donors (Lipinski definition) is 3. The second-order valence-corrected chi connectivity index (χ2v) is 19.6. The quantitative estimate of drug-likeness (QED) is 0.183. The van der Waals surface area contributed by atoms with Crippen LogP contribution in [0.4, 0.5) is 11.4 Å². The van der Waals surface area contributed by atoms with Gasteiger partial charge in [0, 0.05) is 12.2 Å². The molecule has 0 radical (unpaired) electrons. The lowest BCUT2D eigenvalue weighted by molar-refractivity contribution is -0.122. The molecular weight excluding hydrogens is 607 g/mol. The monoisotopic (exact) mass is 653 g/mol. The van der Waals surface area contributed by atoms with E-state index in [9.17, 15) is 23.1 Å². The lowest BCUT2D eigenvalue weighted by Gasteiger charge is -2.36. The fourth-order valence-electron chi connectivity index (χ4n) is 4.56. The zero-order valence-electron chi connectivity index (χ0n) is 27.5. The number of aryl methyl sites for hydroxylation is 1. The Labute approximate surface area is 269 Å². The Bertz CT molecular complexity index is 1580. The van der Waals surface area contributed by atoms with Gasteiger partial charge in [-0.3, -0.25) is 14.3 Å². The van der Waals surface area contributed by atoms with Gasteiger partial charge in [0.2, 0.25) is 5.91 Å². The molecule has 0 spiro atoms. The van der Waals surface area contributed by atoms with E-state index in [1.807, 2.05) is 39.0 Å². The van der Waals surface area contributed by atoms with Gasteiger partial charge in [-0.2, -0.15) is 0 Å². The molecule has 0 aliphatic rings. The molecule has 244 valence electrons. The molecule has 0 heterocycles. The zero-order valence-corrected chi connectivity index (χ0v) is 29.4. The maximum atomic E-state index is 14.1. The molecule has 2 amide bonds. The Kier molecular flexibility index (Phi) is 11.8. The smallest absolute Gasteiger partial charge is 0.261 e. The number of benzene rings is 3. The molecule has 3 N–H and O–H groups in total. The van der Waals surface area contributed by atoms with Crippen LogP contribution < -0.4 is 10.0 Å². The number of aliphatic hydroxyl groups is 1. The lowest BCUT2D eigenvalue weighted by atomic mass is 9.99. The number of carbonyl (C=O) groups is 2. The highest BCUT2D eigenvalue weighted by atomic mass is 32.2. The van der Waals surface area contributed by atoms with E-state index in [1.165, 1.54) is 29.2 Å². The standard InChI is InChI=1S/C34H47N3O6SSi/c1-24(2)31(32(39)35-29-15-11-9-13-26(29)23-43-45(7,8)34(4,5)6)37(21-22-38)33(40)28-14-10-12-16-30(28)36-44(41,42)27-19-17-25(3)18-20-27/h9-20,24,31,36,38H,21-23H2,1-8H3,(H,35,39). The van der Waals surface area contributed by atoms with E-state index in [2.05, 4.69) is 43.9 Å². The fourth-order valence-corrected chi connectivity index (χ4v) is 6.59. The minimum Gasteiger partial charge on any atom is -0.412 e. The van der Waals surface area contributed by atoms with E-state index in [-0.39, 0.29) is 33.6 Å². The highest BCUT2D eigenvalue weighted by molar-refractivity contribution is 7.92. The molecular formula is C34H47N3O6SSi. The average molecular weight is 654 g/mol. The van der Waals surface area contributed by atoms with Crippen molar-refractivity contribution in [3.63, 3.8) is 0 Å². The first-order valence-corrected chi connectivity index (χ1v) is 19.5. The summed E-state index contributed by atoms with van der Waals surface area (Å²) in [6, 6.07) is 19.1. The van der Waals surface area contributed by atoms with E-state index in [1.54, 1.807) is 30.3 Å². The second-order valence-electron chi connectivity index (χ2n) is 13.1. The van der Waals surface area contributed by atoms with Gasteiger partial charge in [-0.25, -0.2) is 8.42 Å². The highest BCUT2D eigenvalue weighted by Gasteiger charge is 2.38. The van der Waals surface area contributed by atoms with Crippen molar-refractivity contribution in [2.45, 2.75) is 77.2 Å². The van der Waals surface area contributed by atoms with Crippen molar-refractivity contribution in [3.8, 4) is 0 Å². The minimum absolute atomic E-state index is 0.0176. The first-order valence-electron chi connectivity index (χ1n) is 15.1. The Morgan fingerprint density at radius 1 is 0.933 bits per heavy atom. The molecule has 0 aromatic heterocycles. The maximum absolute atomic E-state index is 14.1. The van der Waals surface area contributed by atoms with Gasteiger partial charge in [-0.15, -0.1) is 0 Å². The van der Waals surface area contributed by atoms with Crippen molar-refractivity contribution in [1.29, 1.82) is 0 Å². The number of aliphatic hydroxyl groups excluding tert-OH is 1. The molecule has 9 nitrogen and oxygen atoms in total. The number of carbonyl (C=O) groups excluding carboxylic acids is 2. The van der Waals surface area contributed by atoms with Gasteiger partial charge in [-0.05, 0) is 66.9 Å². The number of para-hydroxylation sites is 2. The van der Waals surface area contributed by atoms with Crippen molar-refractivity contribution in [3.05, 3.63) is 89.5 Å². The summed E-state index contributed by atoms with van der Waals surface area (Å²) in [7, 11) is -6.07. The molecule has 3 aromatic rings. The molecule has 0 saturated carbocycles. The van der Waals surface area contributed by atoms with E-state index in [4.69, 9.17) is 4.43 Å². The van der Waals surface area contributed by atoms with Crippen LogP contribution in [0.3, 0.4) is 0 Å². The number of nitrogens with zero attached hydrogens (tertiary/aromatic N) is 1. The maximum Gasteiger partial charge on any atom is 0.261 e. The predicted molar refractivity (Wildman–Crippen MR) is 182 cm³/mol. The number of amides is 2. The number of rotatable bonds is 13. The van der Waals surface area contributed by atoms with Gasteiger partial charge in [0.25, 0.3) is 15.9 Å². The number of anilines is 2. The van der Waals surface area contributed by atoms with Gasteiger partial charge in [-0.1, -0.05) is 82.6 Å². The van der Waals surface area contributed by atoms with Crippen LogP contribution in [0.2, 0.25) is 18.1 Å². The Morgan fingerprint density at radius 3 is 2.09 bits per heavy atom. The molecule has 3 rings (SSSR count). The molecule has 0 aliphatic carbocycles. The molecule has 0 saturated heterocycles. The topological polar surface area (TPSA) is 125 Å². The SMILES string of the molecule is Cc1ccc(S(=O)(=O)Nc2ccccc2C(=O)N(CCO)C(C(=O)Nc2ccccc2CO[Si](C)(C)C(C)(C)C)C(C)C)cc1. The first-order chi connectivity index (χ1) is 21.0. The van der Waals surface area contributed by atoms with Crippen LogP contribution in [0, 0.1) is 12.8 Å². The highest BCUT2D eigenvalue weighted by Crippen LogP contribution is 2.37. The van der Waals surface area contributed by atoms with Crippen LogP contribution in [0.1, 0.15) is 56.1 Å². The summed E-state index contributed by atoms with van der Waals surface area (Å²) >= 11 is 0. The van der Waals surface area contributed by atoms with Gasteiger partial charge in [0.15, 0.2) is 8.32 Å². The van der Waals surface area contributed by atoms with Crippen molar-refractivity contribution >= 4 is 41.5 Å². The third-order valence-electron chi connectivity index (χ3n) is 8.24. The van der Waals surface area contributed by atoms with Gasteiger partial charge in [0.1, 0.15) is 6.04 Å². The summed E-state index contributed by atoms with van der Waals surface area (Å²) in [6.45, 7) is 16.1. The van der Waals surface area contributed by atoms with Crippen molar-refractivity contribution in [2.24, 2.45) is 5.92 Å². The molecule has 0 bridgehead atoms. The number of sulfonamides is 1. The van der Waals surface area contributed by atoms with E-state index >= 15 is 0 Å². The molecule has 0 fully saturated rings. The van der Waals surface area contributed by atoms with Crippen molar-refractivity contribution in [2.75, 3.05) is 23.2 Å². The Balaban J connectivity index is 1.91. The Morgan fingerprint density at radius 2 is 1.51 bits per heavy atom. The zero-order chi connectivity index (χ0) is 33.6. The normalized spacial score (nSPS) is 12.9. The number of hydrogen-bond acceptors (Lipinski definition) is 6. The second kappa shape index (κ2) is 14.7. The van der Waals surface area contributed by atoms with Crippen LogP contribution in [0.25, 0.3) is 0 Å². The first kappa shape index (κ1) is 36.0. The predicted octanol–water partition coefficient (Wildman–Crippen LogP) is 6.42. The summed E-state index contributed by atoms with van der Waals surface area (Å²) < 4.78 is 35.3. The van der Waals surface area contributed by atoms with Gasteiger partial charge in [0.05, 0.1) is 29.4 Å². The molecule has 0 aliphatic heterocycles. The third kappa shape index (κ3) is 9.03. The summed E-state index contributed by atoms with van der Waals surface area (Å²) in [4.78, 5) is 29.4. The third-order valence-corrected chi connectivity index (χ3v) is 14.1. The summed E-state index contributed by atoms with van der Waals surface area (Å²) in [5.41, 5.74) is 2.43. The van der Waals surface area contributed by atoms with Gasteiger partial charge < -0.3 is 19.7 Å². The van der Waals surface area contributed by atoms with Crippen molar-refractivity contribution < 1.29 is 27.5 Å². The van der Waals surface area contributed by atoms with E-state index in [0.29, 0.717) is 12.3 Å². The molecule has 1 atom stereocenters. The van der Waals surface area contributed by atoms with Crippen LogP contribution in [-0.2, 0) is 25.9 Å². The van der Waals surface area contributed by atoms with Crippen molar-refractivity contribution in [1.82, 2.24) is 4.90 Å². The van der Waals surface area contributed by atoms with E-state index in [0.717, 1.165) is 11.1 Å². The van der Waals surface area contributed by atoms with Crippen LogP contribution >= 0.6 is 0 Å². The molecule has 1 unspecified atom stereocenters. The molecule has 3 aromatic carbocycles. The summed E-state index contributed by atoms with van der Waals surface area (Å²) in [5.74, 6) is -1.36. The number of nitrogens with one attached hydrogen (secondary N) is 2. The summed E-state index contributed by atoms with van der Waals surface area (Å²) in [5, 5.41) is 13.0. The van der Waals surface area contributed by atoms with Crippen LogP contribution in [0.5, 0.6) is 0 Å².